The Bertz CT molecular complexity index is 2690. The van der Waals surface area contributed by atoms with Crippen LogP contribution >= 0.6 is 0 Å². The first-order valence-corrected chi connectivity index (χ1v) is 30.4. The van der Waals surface area contributed by atoms with E-state index in [9.17, 15) is 48.0 Å². The van der Waals surface area contributed by atoms with E-state index in [0.29, 0.717) is 24.8 Å². The van der Waals surface area contributed by atoms with Crippen LogP contribution in [0.5, 0.6) is 0 Å². The lowest BCUT2D eigenvalue weighted by Crippen LogP contribution is -2.61. The number of rotatable bonds is 21. The Labute approximate surface area is 483 Å². The predicted molar refractivity (Wildman–Crippen MR) is 302 cm³/mol. The molecule has 0 radical (unpaired) electrons. The number of aromatic carboxylic acids is 1. The Balaban J connectivity index is 1.13. The number of nitrogens with one attached hydrogen (secondary N) is 1. The maximum Gasteiger partial charge on any atom is 0.341 e. The highest BCUT2D eigenvalue weighted by Gasteiger charge is 2.55. The van der Waals surface area contributed by atoms with Gasteiger partial charge >= 0.3 is 11.9 Å². The summed E-state index contributed by atoms with van der Waals surface area (Å²) >= 11 is 0. The molecule has 1 aromatic carbocycles. The van der Waals surface area contributed by atoms with Crippen LogP contribution in [0.3, 0.4) is 0 Å². The van der Waals surface area contributed by atoms with Crippen molar-refractivity contribution in [1.29, 1.82) is 0 Å². The fourth-order valence-electron chi connectivity index (χ4n) is 12.6. The number of pyridine rings is 1. The summed E-state index contributed by atoms with van der Waals surface area (Å²) in [5.41, 5.74) is -3.08. The van der Waals surface area contributed by atoms with Crippen molar-refractivity contribution in [3.63, 3.8) is 0 Å². The Kier molecular flexibility index (Phi) is 22.8. The number of ketones is 1. The molecule has 0 saturated carbocycles. The molecule has 5 heterocycles. The Morgan fingerprint density at radius 3 is 2.15 bits per heavy atom. The van der Waals surface area contributed by atoms with Crippen LogP contribution in [0, 0.1) is 23.7 Å². The van der Waals surface area contributed by atoms with Gasteiger partial charge in [-0.1, -0.05) is 27.7 Å². The van der Waals surface area contributed by atoms with Gasteiger partial charge < -0.3 is 77.8 Å². The average molecular weight is 1180 g/mol. The van der Waals surface area contributed by atoms with Gasteiger partial charge in [-0.25, -0.2) is 4.79 Å². The number of cyclic esters (lactones) is 1. The fraction of sp³-hybridized carbons (Fsp3) is 0.793. The molecule has 6 rings (SSSR count). The third-order valence-corrected chi connectivity index (χ3v) is 18.9. The van der Waals surface area contributed by atoms with Gasteiger partial charge in [0.15, 0.2) is 12.6 Å². The molecule has 4 aliphatic heterocycles. The van der Waals surface area contributed by atoms with Crippen LogP contribution in [0.4, 0.5) is 5.69 Å². The normalized spacial score (nSPS) is 37.2. The van der Waals surface area contributed by atoms with Crippen molar-refractivity contribution in [1.82, 2.24) is 9.47 Å². The van der Waals surface area contributed by atoms with Crippen molar-refractivity contribution in [3.05, 3.63) is 39.7 Å². The number of likely N-dealkylation sites (N-methyl/N-ethyl adjacent to an activating group) is 1. The number of carboxylic acids is 1. The van der Waals surface area contributed by atoms with E-state index in [1.54, 1.807) is 60.6 Å². The highest BCUT2D eigenvalue weighted by molar-refractivity contribution is 7.86. The molecular formula is C58H93N3O20S. The van der Waals surface area contributed by atoms with Gasteiger partial charge in [-0.05, 0) is 112 Å². The molecule has 19 atom stereocenters. The van der Waals surface area contributed by atoms with Crippen molar-refractivity contribution in [2.75, 3.05) is 72.4 Å². The van der Waals surface area contributed by atoms with Crippen LogP contribution in [0.25, 0.3) is 10.9 Å². The number of aryl methyl sites for hydroxylation is 1. The number of aromatic nitrogens is 1. The molecule has 5 N–H and O–H groups in total. The van der Waals surface area contributed by atoms with Crippen molar-refractivity contribution < 1.29 is 90.0 Å². The Hall–Kier alpha value is -3.73. The van der Waals surface area contributed by atoms with E-state index in [0.717, 1.165) is 23.2 Å². The highest BCUT2D eigenvalue weighted by atomic mass is 32.2. The van der Waals surface area contributed by atoms with E-state index in [2.05, 4.69) is 5.32 Å². The highest BCUT2D eigenvalue weighted by Crippen LogP contribution is 2.43. The number of carboxylic acid groups (broad SMARTS) is 1. The van der Waals surface area contributed by atoms with Crippen LogP contribution in [-0.2, 0) is 72.9 Å². The van der Waals surface area contributed by atoms with Gasteiger partial charge in [0.1, 0.15) is 35.3 Å². The van der Waals surface area contributed by atoms with Gasteiger partial charge in [0.05, 0.1) is 85.3 Å². The molecule has 0 spiro atoms. The first kappa shape index (κ1) is 67.4. The number of anilines is 1. The topological polar surface area (TPSA) is 296 Å². The molecule has 3 saturated heterocycles. The van der Waals surface area contributed by atoms with Crippen LogP contribution in [0.1, 0.15) is 130 Å². The molecule has 0 aliphatic carbocycles. The van der Waals surface area contributed by atoms with Crippen LogP contribution in [-0.4, -0.2) is 207 Å². The van der Waals surface area contributed by atoms with E-state index in [1.165, 1.54) is 34.3 Å². The number of ether oxygens (including phenoxy) is 9. The van der Waals surface area contributed by atoms with Crippen molar-refractivity contribution in [3.8, 4) is 0 Å². The van der Waals surface area contributed by atoms with Crippen LogP contribution in [0.15, 0.2) is 23.1 Å². The largest absolute Gasteiger partial charge is 0.477 e. The van der Waals surface area contributed by atoms with Crippen molar-refractivity contribution >= 4 is 44.4 Å². The number of carbonyl (C=O) groups excluding carboxylic acids is 2. The molecule has 3 fully saturated rings. The van der Waals surface area contributed by atoms with Gasteiger partial charge in [0.25, 0.3) is 10.1 Å². The minimum absolute atomic E-state index is 0.0197. The number of nitrogens with zero attached hydrogens (tertiary/aromatic N) is 2. The lowest BCUT2D eigenvalue weighted by Gasteiger charge is -2.50. The summed E-state index contributed by atoms with van der Waals surface area (Å²) in [6.45, 7) is 19.3. The number of benzene rings is 1. The maximum absolute atomic E-state index is 14.6. The monoisotopic (exact) mass is 1180 g/mol. The second-order valence-electron chi connectivity index (χ2n) is 24.1. The molecule has 466 valence electrons. The van der Waals surface area contributed by atoms with Gasteiger partial charge in [0.2, 0.25) is 5.43 Å². The van der Waals surface area contributed by atoms with E-state index in [1.807, 2.05) is 37.4 Å². The van der Waals surface area contributed by atoms with E-state index >= 15 is 0 Å². The second-order valence-corrected chi connectivity index (χ2v) is 25.8. The molecule has 23 nitrogen and oxygen atoms in total. The number of hydrogen-bond acceptors (Lipinski definition) is 21. The number of esters is 1. The zero-order valence-corrected chi connectivity index (χ0v) is 51.4. The minimum Gasteiger partial charge on any atom is -0.477 e. The van der Waals surface area contributed by atoms with E-state index < -0.39 is 129 Å². The van der Waals surface area contributed by atoms with Gasteiger partial charge in [-0.2, -0.15) is 8.42 Å². The summed E-state index contributed by atoms with van der Waals surface area (Å²) in [4.78, 5) is 55.5. The first-order valence-electron chi connectivity index (χ1n) is 28.8. The summed E-state index contributed by atoms with van der Waals surface area (Å²) in [6, 6.07) is 3.09. The van der Waals surface area contributed by atoms with Crippen LogP contribution in [0.2, 0.25) is 0 Å². The lowest BCUT2D eigenvalue weighted by atomic mass is 9.74. The lowest BCUT2D eigenvalue weighted by molar-refractivity contribution is -0.317. The molecule has 2 aromatic rings. The number of methoxy groups -OCH3 is 2. The number of hydrogen-bond donors (Lipinski definition) is 5. The molecule has 24 heteroatoms. The molecular weight excluding hydrogens is 1090 g/mol. The summed E-state index contributed by atoms with van der Waals surface area (Å²) < 4.78 is 91.3. The summed E-state index contributed by atoms with van der Waals surface area (Å²) in [5, 5.41) is 48.6. The number of Topliss-reactive ketones (excluding diaryl/α,β-unsaturated/α-hetero) is 1. The second kappa shape index (κ2) is 27.8. The third kappa shape index (κ3) is 14.9. The average Bonchev–Trinajstić information content (AvgIpc) is 3.48. The SMILES string of the molecule is CC[C@H]1OC(=O)[C@H](C)[C@@H](O[C@H]2C[C@@](C)(OC)[C@@H](OS(=O)(=O)CCOCCOCCNc3ccc4c(=O)c(C(=O)O)cn5c4c3CCC5C)[C@H](C)O2)[C@H](C)[C@@H](O[C@@H]2O[C@H](C)C[C@H](N(C)C)[C@H]2O)[C@](C)(OC)C[C@@H](C)C(=O)[C@H](C)[C@@H](O)[C@]1(C)O. The van der Waals surface area contributed by atoms with Crippen LogP contribution < -0.4 is 10.7 Å². The van der Waals surface area contributed by atoms with Gasteiger partial charge in [-0.3, -0.25) is 18.6 Å². The number of aliphatic hydroxyl groups excluding tert-OH is 2. The summed E-state index contributed by atoms with van der Waals surface area (Å²) in [7, 11) is 2.32. The standard InChI is InChI=1S/C58H93N3O20S/c1-16-43-58(11,69)50(65)34(5)46(62)31(2)28-56(9,72-14)51(80-55-48(64)42(60(12)13)27-33(4)76-55)35(6)49(36(7)54(68)78-43)79-44-29-57(10,73-15)52(37(8)77-44)81-82(70,71)26-25-75-24-23-74-22-21-59-41-20-19-39-45-38(41)18-17-32(3)61(45)30-40(47(39)63)53(66)67/h19-20,30-37,42-44,48-52,55,59,64-65,69H,16-18,21-29H2,1-15H3,(H,66,67)/t31-,32?,33-,34+,35+,36-,37+,42+,43-,44+,48-,49+,50-,51-,52+,55+,56-,57-,58-/m1/s1. The number of carbonyl (C=O) groups is 3. The summed E-state index contributed by atoms with van der Waals surface area (Å²) in [5.74, 6) is -6.82. The van der Waals surface area contributed by atoms with Crippen molar-refractivity contribution in [2.45, 2.75) is 205 Å². The smallest absolute Gasteiger partial charge is 0.341 e. The van der Waals surface area contributed by atoms with E-state index in [-0.39, 0.29) is 75.2 Å². The van der Waals surface area contributed by atoms with Gasteiger partial charge in [0, 0.05) is 74.3 Å². The fourth-order valence-corrected chi connectivity index (χ4v) is 13.7. The predicted octanol–water partition coefficient (Wildman–Crippen LogP) is 4.46. The Morgan fingerprint density at radius 1 is 0.878 bits per heavy atom. The zero-order chi connectivity index (χ0) is 61.0. The molecule has 0 bridgehead atoms. The van der Waals surface area contributed by atoms with Crippen molar-refractivity contribution in [2.24, 2.45) is 23.7 Å². The quantitative estimate of drug-likeness (QED) is 0.0655. The molecule has 1 aromatic heterocycles. The molecule has 82 heavy (non-hydrogen) atoms. The third-order valence-electron chi connectivity index (χ3n) is 17.7. The molecule has 0 amide bonds. The molecule has 1 unspecified atom stereocenters. The minimum atomic E-state index is -4.26. The Morgan fingerprint density at radius 2 is 1.52 bits per heavy atom. The number of aliphatic hydroxyl groups is 3. The molecule has 4 aliphatic rings. The maximum atomic E-state index is 14.6. The van der Waals surface area contributed by atoms with Gasteiger partial charge in [-0.15, -0.1) is 0 Å². The zero-order valence-electron chi connectivity index (χ0n) is 50.6. The van der Waals surface area contributed by atoms with E-state index in [4.69, 9.17) is 46.8 Å². The summed E-state index contributed by atoms with van der Waals surface area (Å²) in [6.07, 6.45) is -7.74. The first-order chi connectivity index (χ1) is 38.4.